The smallest absolute Gasteiger partial charge is 0.271 e. The Kier molecular flexibility index (Phi) is 6.68. The van der Waals surface area contributed by atoms with Crippen LogP contribution < -0.4 is 16.2 Å². The largest absolute Gasteiger partial charge is 0.355 e. The molecule has 3 rings (SSSR count). The van der Waals surface area contributed by atoms with E-state index in [-0.39, 0.29) is 10.5 Å². The molecule has 9 heteroatoms. The van der Waals surface area contributed by atoms with Gasteiger partial charge in [0.15, 0.2) is 0 Å². The van der Waals surface area contributed by atoms with Gasteiger partial charge in [-0.3, -0.25) is 20.4 Å². The van der Waals surface area contributed by atoms with Crippen LogP contribution in [0.1, 0.15) is 20.7 Å². The summed E-state index contributed by atoms with van der Waals surface area (Å²) in [5.41, 5.74) is 6.49. The Morgan fingerprint density at radius 3 is 2.13 bits per heavy atom. The Morgan fingerprint density at radius 2 is 1.42 bits per heavy atom. The van der Waals surface area contributed by atoms with Crippen molar-refractivity contribution in [3.05, 3.63) is 90.0 Å². The highest BCUT2D eigenvalue weighted by molar-refractivity contribution is 7.89. The average Bonchev–Trinajstić information content (AvgIpc) is 2.78. The molecule has 3 aromatic rings. The van der Waals surface area contributed by atoms with E-state index in [1.165, 1.54) is 38.4 Å². The molecule has 0 aromatic heterocycles. The zero-order valence-electron chi connectivity index (χ0n) is 17.0. The maximum absolute atomic E-state index is 12.6. The number of hydrazine groups is 1. The topological polar surface area (TPSA) is 108 Å². The van der Waals surface area contributed by atoms with Crippen LogP contribution in [0, 0.1) is 0 Å². The van der Waals surface area contributed by atoms with Crippen LogP contribution in [0.5, 0.6) is 0 Å². The summed E-state index contributed by atoms with van der Waals surface area (Å²) in [5, 5.41) is 3.16. The predicted octanol–water partition coefficient (Wildman–Crippen LogP) is 2.76. The van der Waals surface area contributed by atoms with Crippen molar-refractivity contribution in [2.75, 3.05) is 19.4 Å². The van der Waals surface area contributed by atoms with Crippen molar-refractivity contribution < 1.29 is 18.0 Å². The van der Waals surface area contributed by atoms with Gasteiger partial charge in [-0.25, -0.2) is 12.7 Å². The van der Waals surface area contributed by atoms with E-state index in [9.17, 15) is 18.0 Å². The molecule has 8 nitrogen and oxygen atoms in total. The number of hydrogen-bond donors (Lipinski definition) is 3. The Hall–Kier alpha value is -3.69. The van der Waals surface area contributed by atoms with E-state index in [2.05, 4.69) is 16.2 Å². The minimum Gasteiger partial charge on any atom is -0.355 e. The molecule has 3 N–H and O–H groups in total. The van der Waals surface area contributed by atoms with Crippen molar-refractivity contribution in [1.82, 2.24) is 15.2 Å². The van der Waals surface area contributed by atoms with Crippen molar-refractivity contribution in [1.29, 1.82) is 0 Å². The fourth-order valence-electron chi connectivity index (χ4n) is 2.73. The molecule has 0 aliphatic carbocycles. The highest BCUT2D eigenvalue weighted by Crippen LogP contribution is 2.20. The number of hydrogen-bond acceptors (Lipinski definition) is 5. The first-order valence-corrected chi connectivity index (χ1v) is 10.8. The van der Waals surface area contributed by atoms with Crippen LogP contribution in [0.25, 0.3) is 0 Å². The van der Waals surface area contributed by atoms with E-state index in [1.54, 1.807) is 24.3 Å². The number of carbonyl (C=O) groups excluding carboxylic acids is 2. The quantitative estimate of drug-likeness (QED) is 0.513. The van der Waals surface area contributed by atoms with E-state index in [0.29, 0.717) is 11.3 Å². The maximum atomic E-state index is 12.6. The second kappa shape index (κ2) is 9.41. The number of benzene rings is 3. The maximum Gasteiger partial charge on any atom is 0.271 e. The zero-order chi connectivity index (χ0) is 22.4. The summed E-state index contributed by atoms with van der Waals surface area (Å²) in [6, 6.07) is 21.8. The summed E-state index contributed by atoms with van der Waals surface area (Å²) >= 11 is 0. The van der Waals surface area contributed by atoms with Crippen LogP contribution in [0.15, 0.2) is 83.8 Å². The molecule has 0 radical (unpaired) electrons. The molecule has 0 atom stereocenters. The van der Waals surface area contributed by atoms with Gasteiger partial charge in [0, 0.05) is 25.3 Å². The van der Waals surface area contributed by atoms with Gasteiger partial charge in [0.25, 0.3) is 11.8 Å². The summed E-state index contributed by atoms with van der Waals surface area (Å²) < 4.78 is 25.6. The highest BCUT2D eigenvalue weighted by atomic mass is 32.2. The summed E-state index contributed by atoms with van der Waals surface area (Å²) in [6.07, 6.45) is 0. The molecule has 0 spiro atoms. The Balaban J connectivity index is 1.71. The van der Waals surface area contributed by atoms with Crippen molar-refractivity contribution >= 4 is 33.2 Å². The number of carbonyl (C=O) groups is 2. The molecule has 160 valence electrons. The summed E-state index contributed by atoms with van der Waals surface area (Å²) in [6.45, 7) is 0. The fourth-order valence-corrected chi connectivity index (χ4v) is 3.68. The second-order valence-electron chi connectivity index (χ2n) is 6.76. The van der Waals surface area contributed by atoms with E-state index in [0.717, 1.165) is 9.99 Å². The summed E-state index contributed by atoms with van der Waals surface area (Å²) in [4.78, 5) is 25.1. The third-order valence-corrected chi connectivity index (χ3v) is 6.20. The third kappa shape index (κ3) is 5.27. The molecule has 2 amide bonds. The molecule has 0 fully saturated rings. The van der Waals surface area contributed by atoms with Gasteiger partial charge in [-0.05, 0) is 42.5 Å². The van der Waals surface area contributed by atoms with Gasteiger partial charge in [0.2, 0.25) is 10.0 Å². The third-order valence-electron chi connectivity index (χ3n) is 4.39. The Bertz CT molecular complexity index is 1190. The first-order chi connectivity index (χ1) is 14.8. The number of para-hydroxylation sites is 2. The molecule has 0 aliphatic heterocycles. The van der Waals surface area contributed by atoms with Crippen molar-refractivity contribution in [2.45, 2.75) is 4.90 Å². The molecule has 0 saturated heterocycles. The molecular weight excluding hydrogens is 416 g/mol. The van der Waals surface area contributed by atoms with Gasteiger partial charge in [-0.2, -0.15) is 0 Å². The summed E-state index contributed by atoms with van der Waals surface area (Å²) in [7, 11) is -0.873. The lowest BCUT2D eigenvalue weighted by molar-refractivity contribution is 0.0847. The lowest BCUT2D eigenvalue weighted by Gasteiger charge is -2.14. The van der Waals surface area contributed by atoms with Crippen LogP contribution in [0.3, 0.4) is 0 Å². The average molecular weight is 439 g/mol. The number of nitrogens with zero attached hydrogens (tertiary/aromatic N) is 1. The van der Waals surface area contributed by atoms with Gasteiger partial charge in [-0.1, -0.05) is 36.4 Å². The van der Waals surface area contributed by atoms with E-state index >= 15 is 0 Å². The monoisotopic (exact) mass is 438 g/mol. The SMILES string of the molecule is CN(C)S(=O)(=O)c1cccc(C(=O)NNC(=O)c2ccccc2Nc2ccccc2)c1. The molecule has 0 saturated carbocycles. The van der Waals surface area contributed by atoms with Crippen molar-refractivity contribution in [2.24, 2.45) is 0 Å². The molecule has 0 aliphatic rings. The van der Waals surface area contributed by atoms with Gasteiger partial charge in [0.05, 0.1) is 16.1 Å². The van der Waals surface area contributed by atoms with Crippen LogP contribution in [-0.4, -0.2) is 38.6 Å². The van der Waals surface area contributed by atoms with Gasteiger partial charge in [0.1, 0.15) is 0 Å². The number of anilines is 2. The van der Waals surface area contributed by atoms with E-state index < -0.39 is 21.8 Å². The lowest BCUT2D eigenvalue weighted by atomic mass is 10.1. The molecule has 0 unspecified atom stereocenters. The highest BCUT2D eigenvalue weighted by Gasteiger charge is 2.19. The number of sulfonamides is 1. The van der Waals surface area contributed by atoms with Crippen LogP contribution in [-0.2, 0) is 10.0 Å². The second-order valence-corrected chi connectivity index (χ2v) is 8.91. The first-order valence-electron chi connectivity index (χ1n) is 9.33. The summed E-state index contributed by atoms with van der Waals surface area (Å²) in [5.74, 6) is -1.16. The van der Waals surface area contributed by atoms with Crippen molar-refractivity contribution in [3.63, 3.8) is 0 Å². The number of rotatable bonds is 6. The minimum atomic E-state index is -3.68. The Morgan fingerprint density at radius 1 is 0.774 bits per heavy atom. The Labute approximate surface area is 180 Å². The predicted molar refractivity (Wildman–Crippen MR) is 118 cm³/mol. The standard InChI is InChI=1S/C22H22N4O4S/c1-26(2)31(29,30)18-12-8-9-16(15-18)21(27)24-25-22(28)19-13-6-7-14-20(19)23-17-10-4-3-5-11-17/h3-15,23H,1-2H3,(H,24,27)(H,25,28). The van der Waals surface area contributed by atoms with E-state index in [1.807, 2.05) is 30.3 Å². The molecule has 31 heavy (non-hydrogen) atoms. The van der Waals surface area contributed by atoms with E-state index in [4.69, 9.17) is 0 Å². The lowest BCUT2D eigenvalue weighted by Crippen LogP contribution is -2.41. The van der Waals surface area contributed by atoms with Gasteiger partial charge < -0.3 is 5.32 Å². The van der Waals surface area contributed by atoms with Gasteiger partial charge >= 0.3 is 0 Å². The first kappa shape index (κ1) is 22.0. The molecule has 3 aromatic carbocycles. The molecule has 0 heterocycles. The van der Waals surface area contributed by atoms with Crippen LogP contribution in [0.4, 0.5) is 11.4 Å². The van der Waals surface area contributed by atoms with Gasteiger partial charge in [-0.15, -0.1) is 0 Å². The number of nitrogens with one attached hydrogen (secondary N) is 3. The normalized spacial score (nSPS) is 11.1. The fraction of sp³-hybridized carbons (Fsp3) is 0.0909. The zero-order valence-corrected chi connectivity index (χ0v) is 17.8. The minimum absolute atomic E-state index is 0.0196. The molecule has 0 bridgehead atoms. The van der Waals surface area contributed by atoms with Crippen LogP contribution in [0.2, 0.25) is 0 Å². The molecular formula is C22H22N4O4S. The van der Waals surface area contributed by atoms with Crippen molar-refractivity contribution in [3.8, 4) is 0 Å². The number of amides is 2. The van der Waals surface area contributed by atoms with Crippen LogP contribution >= 0.6 is 0 Å².